The molecule has 1 heterocycles. The number of aromatic nitrogens is 1. The van der Waals surface area contributed by atoms with Crippen LogP contribution in [0.1, 0.15) is 17.2 Å². The Morgan fingerprint density at radius 1 is 1.07 bits per heavy atom. The summed E-state index contributed by atoms with van der Waals surface area (Å²) in [6, 6.07) is 4.64. The van der Waals surface area contributed by atoms with E-state index in [4.69, 9.17) is 0 Å². The Kier molecular flexibility index (Phi) is 2.51. The fourth-order valence-corrected chi connectivity index (χ4v) is 1.43. The van der Waals surface area contributed by atoms with Crippen LogP contribution in [0.25, 0.3) is 0 Å². The van der Waals surface area contributed by atoms with Crippen LogP contribution < -0.4 is 0 Å². The van der Waals surface area contributed by atoms with Gasteiger partial charge in [-0.05, 0) is 23.8 Å². The highest BCUT2D eigenvalue weighted by molar-refractivity contribution is 5.28. The Morgan fingerprint density at radius 3 is 2.27 bits per heavy atom. The number of hydrogen-bond donors (Lipinski definition) is 2. The molecule has 1 atom stereocenters. The quantitative estimate of drug-likeness (QED) is 0.782. The first-order chi connectivity index (χ1) is 7.16. The molecule has 0 saturated carbocycles. The third kappa shape index (κ3) is 2.05. The van der Waals surface area contributed by atoms with Crippen molar-refractivity contribution in [2.24, 2.45) is 0 Å². The van der Waals surface area contributed by atoms with E-state index in [-0.39, 0.29) is 5.56 Å². The molecule has 0 aliphatic carbocycles. The van der Waals surface area contributed by atoms with Crippen molar-refractivity contribution < 1.29 is 13.9 Å². The van der Waals surface area contributed by atoms with E-state index in [0.717, 1.165) is 18.2 Å². The predicted octanol–water partition coefficient (Wildman–Crippen LogP) is 2.37. The first-order valence-electron chi connectivity index (χ1n) is 4.43. The smallest absolute Gasteiger partial charge is 0.126 e. The Bertz CT molecular complexity index is 433. The molecule has 4 heteroatoms. The van der Waals surface area contributed by atoms with Crippen LogP contribution in [0.2, 0.25) is 0 Å². The molecular weight excluding hydrogens is 200 g/mol. The SMILES string of the molecule is OC(c1cc[nH]c1)c1cc(F)cc(F)c1. The van der Waals surface area contributed by atoms with Crippen molar-refractivity contribution >= 4 is 0 Å². The molecule has 1 unspecified atom stereocenters. The van der Waals surface area contributed by atoms with E-state index in [0.29, 0.717) is 5.56 Å². The number of aliphatic hydroxyl groups is 1. The fraction of sp³-hybridized carbons (Fsp3) is 0.0909. The van der Waals surface area contributed by atoms with Gasteiger partial charge in [0.1, 0.15) is 17.7 Å². The van der Waals surface area contributed by atoms with E-state index in [1.165, 1.54) is 0 Å². The third-order valence-corrected chi connectivity index (χ3v) is 2.14. The second-order valence-electron chi connectivity index (χ2n) is 3.25. The topological polar surface area (TPSA) is 36.0 Å². The van der Waals surface area contributed by atoms with Crippen LogP contribution in [0.4, 0.5) is 8.78 Å². The summed E-state index contributed by atoms with van der Waals surface area (Å²) in [4.78, 5) is 2.76. The van der Waals surface area contributed by atoms with E-state index in [9.17, 15) is 13.9 Å². The van der Waals surface area contributed by atoms with Crippen LogP contribution in [0.15, 0.2) is 36.7 Å². The average Bonchev–Trinajstić information content (AvgIpc) is 2.67. The Hall–Kier alpha value is -1.68. The number of hydrogen-bond acceptors (Lipinski definition) is 1. The van der Waals surface area contributed by atoms with Gasteiger partial charge in [-0.2, -0.15) is 0 Å². The maximum atomic E-state index is 12.9. The van der Waals surface area contributed by atoms with E-state index >= 15 is 0 Å². The van der Waals surface area contributed by atoms with Gasteiger partial charge in [-0.1, -0.05) is 0 Å². The molecule has 78 valence electrons. The van der Waals surface area contributed by atoms with Gasteiger partial charge in [0, 0.05) is 24.0 Å². The minimum absolute atomic E-state index is 0.201. The molecule has 1 aromatic carbocycles. The molecule has 0 fully saturated rings. The van der Waals surface area contributed by atoms with Crippen molar-refractivity contribution in [2.45, 2.75) is 6.10 Å². The van der Waals surface area contributed by atoms with Gasteiger partial charge < -0.3 is 10.1 Å². The lowest BCUT2D eigenvalue weighted by molar-refractivity contribution is 0.219. The number of halogens is 2. The number of H-pyrrole nitrogens is 1. The number of aromatic amines is 1. The minimum atomic E-state index is -1.01. The molecule has 1 aromatic heterocycles. The van der Waals surface area contributed by atoms with Crippen LogP contribution in [0.5, 0.6) is 0 Å². The summed E-state index contributed by atoms with van der Waals surface area (Å²) >= 11 is 0. The number of benzene rings is 1. The molecule has 0 aliphatic heterocycles. The maximum Gasteiger partial charge on any atom is 0.126 e. The summed E-state index contributed by atoms with van der Waals surface area (Å²) in [5.74, 6) is -1.39. The van der Waals surface area contributed by atoms with Crippen molar-refractivity contribution in [1.29, 1.82) is 0 Å². The van der Waals surface area contributed by atoms with E-state index in [2.05, 4.69) is 4.98 Å². The molecule has 0 amide bonds. The van der Waals surface area contributed by atoms with Crippen LogP contribution in [0.3, 0.4) is 0 Å². The Balaban J connectivity index is 2.37. The number of aliphatic hydroxyl groups excluding tert-OH is 1. The highest BCUT2D eigenvalue weighted by Gasteiger charge is 2.12. The monoisotopic (exact) mass is 209 g/mol. The zero-order chi connectivity index (χ0) is 10.8. The molecule has 15 heavy (non-hydrogen) atoms. The van der Waals surface area contributed by atoms with Crippen molar-refractivity contribution in [1.82, 2.24) is 4.98 Å². The second kappa shape index (κ2) is 3.82. The first-order valence-corrected chi connectivity index (χ1v) is 4.43. The van der Waals surface area contributed by atoms with Crippen molar-refractivity contribution in [3.63, 3.8) is 0 Å². The normalized spacial score (nSPS) is 12.7. The maximum absolute atomic E-state index is 12.9. The zero-order valence-corrected chi connectivity index (χ0v) is 7.74. The van der Waals surface area contributed by atoms with Gasteiger partial charge in [0.25, 0.3) is 0 Å². The van der Waals surface area contributed by atoms with Crippen molar-refractivity contribution in [3.05, 3.63) is 59.4 Å². The molecule has 2 N–H and O–H groups in total. The summed E-state index contributed by atoms with van der Waals surface area (Å²) in [5.41, 5.74) is 0.770. The van der Waals surface area contributed by atoms with Gasteiger partial charge >= 0.3 is 0 Å². The minimum Gasteiger partial charge on any atom is -0.384 e. The lowest BCUT2D eigenvalue weighted by Crippen LogP contribution is -1.99. The summed E-state index contributed by atoms with van der Waals surface area (Å²) in [5, 5.41) is 9.78. The average molecular weight is 209 g/mol. The van der Waals surface area contributed by atoms with Gasteiger partial charge in [-0.3, -0.25) is 0 Å². The van der Waals surface area contributed by atoms with E-state index < -0.39 is 17.7 Å². The second-order valence-corrected chi connectivity index (χ2v) is 3.25. The fourth-order valence-electron chi connectivity index (χ4n) is 1.43. The zero-order valence-electron chi connectivity index (χ0n) is 7.74. The van der Waals surface area contributed by atoms with Crippen molar-refractivity contribution in [3.8, 4) is 0 Å². The van der Waals surface area contributed by atoms with Gasteiger partial charge in [0.05, 0.1) is 0 Å². The van der Waals surface area contributed by atoms with Gasteiger partial charge in [0.2, 0.25) is 0 Å². The molecule has 0 aliphatic rings. The lowest BCUT2D eigenvalue weighted by Gasteiger charge is -2.09. The van der Waals surface area contributed by atoms with Crippen LogP contribution in [0, 0.1) is 11.6 Å². The van der Waals surface area contributed by atoms with Crippen LogP contribution in [-0.2, 0) is 0 Å². The lowest BCUT2D eigenvalue weighted by atomic mass is 10.0. The molecule has 2 nitrogen and oxygen atoms in total. The first kappa shape index (κ1) is 9.86. The van der Waals surface area contributed by atoms with Crippen LogP contribution >= 0.6 is 0 Å². The molecular formula is C11H9F2NO. The summed E-state index contributed by atoms with van der Waals surface area (Å²) in [6.07, 6.45) is 2.20. The van der Waals surface area contributed by atoms with Gasteiger partial charge in [0.15, 0.2) is 0 Å². The third-order valence-electron chi connectivity index (χ3n) is 2.14. The Morgan fingerprint density at radius 2 is 1.73 bits per heavy atom. The van der Waals surface area contributed by atoms with Gasteiger partial charge in [-0.15, -0.1) is 0 Å². The molecule has 0 saturated heterocycles. The Labute approximate surface area is 85.2 Å². The molecule has 0 radical (unpaired) electrons. The molecule has 0 spiro atoms. The molecule has 2 aromatic rings. The summed E-state index contributed by atoms with van der Waals surface area (Å²) in [7, 11) is 0. The predicted molar refractivity (Wildman–Crippen MR) is 51.2 cm³/mol. The number of rotatable bonds is 2. The number of nitrogens with one attached hydrogen (secondary N) is 1. The van der Waals surface area contributed by atoms with E-state index in [1.807, 2.05) is 0 Å². The summed E-state index contributed by atoms with van der Waals surface area (Å²) < 4.78 is 25.7. The molecule has 0 bridgehead atoms. The standard InChI is InChI=1S/C11H9F2NO/c12-9-3-8(4-10(13)5-9)11(15)7-1-2-14-6-7/h1-6,11,14-15H. The highest BCUT2D eigenvalue weighted by atomic mass is 19.1. The van der Waals surface area contributed by atoms with E-state index in [1.54, 1.807) is 18.5 Å². The van der Waals surface area contributed by atoms with Crippen molar-refractivity contribution in [2.75, 3.05) is 0 Å². The van der Waals surface area contributed by atoms with Crippen LogP contribution in [-0.4, -0.2) is 10.1 Å². The summed E-state index contributed by atoms with van der Waals surface area (Å²) in [6.45, 7) is 0. The molecule has 2 rings (SSSR count). The highest BCUT2D eigenvalue weighted by Crippen LogP contribution is 2.22. The largest absolute Gasteiger partial charge is 0.384 e. The van der Waals surface area contributed by atoms with Gasteiger partial charge in [-0.25, -0.2) is 8.78 Å².